The van der Waals surface area contributed by atoms with Crippen molar-refractivity contribution in [2.45, 2.75) is 18.9 Å². The maximum atomic E-state index is 12.9. The van der Waals surface area contributed by atoms with E-state index < -0.39 is 17.7 Å². The third-order valence-corrected chi connectivity index (χ3v) is 2.89. The van der Waals surface area contributed by atoms with Crippen molar-refractivity contribution in [3.05, 3.63) is 29.8 Å². The first-order valence-electron chi connectivity index (χ1n) is 5.73. The molecule has 0 saturated carbocycles. The van der Waals surface area contributed by atoms with Gasteiger partial charge in [-0.2, -0.15) is 0 Å². The highest BCUT2D eigenvalue weighted by atomic mass is 19.2. The topological polar surface area (TPSA) is 55.6 Å². The third kappa shape index (κ3) is 2.95. The first-order valence-corrected chi connectivity index (χ1v) is 5.73. The van der Waals surface area contributed by atoms with Crippen molar-refractivity contribution in [3.8, 4) is 5.75 Å². The Morgan fingerprint density at radius 3 is 2.56 bits per heavy atom. The number of halogens is 2. The van der Waals surface area contributed by atoms with Gasteiger partial charge in [0.25, 0.3) is 0 Å². The molecule has 4 nitrogen and oxygen atoms in total. The molecule has 1 aromatic rings. The fourth-order valence-corrected chi connectivity index (χ4v) is 1.79. The molecule has 1 aliphatic heterocycles. The summed E-state index contributed by atoms with van der Waals surface area (Å²) >= 11 is 0. The van der Waals surface area contributed by atoms with Crippen LogP contribution in [-0.4, -0.2) is 30.1 Å². The van der Waals surface area contributed by atoms with Crippen LogP contribution in [0.4, 0.5) is 13.6 Å². The third-order valence-electron chi connectivity index (χ3n) is 2.89. The molecule has 6 heteroatoms. The number of benzene rings is 1. The van der Waals surface area contributed by atoms with Gasteiger partial charge in [0.05, 0.1) is 0 Å². The second-order valence-electron chi connectivity index (χ2n) is 4.27. The molecular weight excluding hydrogens is 242 g/mol. The van der Waals surface area contributed by atoms with Gasteiger partial charge in [0.2, 0.25) is 0 Å². The molecule has 0 unspecified atom stereocenters. The zero-order valence-electron chi connectivity index (χ0n) is 9.73. The Bertz CT molecular complexity index is 446. The van der Waals surface area contributed by atoms with Crippen LogP contribution in [0.1, 0.15) is 12.8 Å². The largest absolute Gasteiger partial charge is 0.415 e. The molecule has 0 aromatic heterocycles. The summed E-state index contributed by atoms with van der Waals surface area (Å²) in [5.74, 6) is -2.02. The van der Waals surface area contributed by atoms with Gasteiger partial charge >= 0.3 is 6.09 Å². The molecule has 18 heavy (non-hydrogen) atoms. The normalized spacial score (nSPS) is 16.7. The molecule has 0 atom stereocenters. The second kappa shape index (κ2) is 5.30. The van der Waals surface area contributed by atoms with Crippen LogP contribution in [-0.2, 0) is 0 Å². The number of nitrogens with zero attached hydrogens (tertiary/aromatic N) is 1. The highest BCUT2D eigenvalue weighted by molar-refractivity contribution is 5.70. The number of nitrogens with two attached hydrogens (primary N) is 1. The van der Waals surface area contributed by atoms with Gasteiger partial charge in [-0.3, -0.25) is 0 Å². The van der Waals surface area contributed by atoms with E-state index in [2.05, 4.69) is 0 Å². The van der Waals surface area contributed by atoms with Crippen LogP contribution in [0.15, 0.2) is 18.2 Å². The highest BCUT2D eigenvalue weighted by Gasteiger charge is 2.22. The Morgan fingerprint density at radius 1 is 1.28 bits per heavy atom. The smallest absolute Gasteiger partial charge is 0.410 e. The monoisotopic (exact) mass is 256 g/mol. The van der Waals surface area contributed by atoms with E-state index in [1.807, 2.05) is 0 Å². The first kappa shape index (κ1) is 12.8. The fourth-order valence-electron chi connectivity index (χ4n) is 1.79. The zero-order valence-corrected chi connectivity index (χ0v) is 9.73. The van der Waals surface area contributed by atoms with Crippen molar-refractivity contribution >= 4 is 6.09 Å². The molecule has 0 radical (unpaired) electrons. The lowest BCUT2D eigenvalue weighted by Crippen LogP contribution is -2.44. The minimum Gasteiger partial charge on any atom is -0.410 e. The molecule has 1 heterocycles. The molecule has 1 aromatic carbocycles. The van der Waals surface area contributed by atoms with Crippen molar-refractivity contribution < 1.29 is 18.3 Å². The molecule has 98 valence electrons. The number of hydrogen-bond acceptors (Lipinski definition) is 3. The van der Waals surface area contributed by atoms with Crippen molar-refractivity contribution in [3.63, 3.8) is 0 Å². The van der Waals surface area contributed by atoms with Crippen LogP contribution in [0.25, 0.3) is 0 Å². The summed E-state index contributed by atoms with van der Waals surface area (Å²) in [6.45, 7) is 1.04. The van der Waals surface area contributed by atoms with E-state index in [0.29, 0.717) is 25.9 Å². The number of piperidine rings is 1. The van der Waals surface area contributed by atoms with Crippen LogP contribution in [0.3, 0.4) is 0 Å². The number of likely N-dealkylation sites (tertiary alicyclic amines) is 1. The molecule has 1 saturated heterocycles. The van der Waals surface area contributed by atoms with Crippen LogP contribution >= 0.6 is 0 Å². The summed E-state index contributed by atoms with van der Waals surface area (Å²) < 4.78 is 30.6. The number of amides is 1. The molecule has 2 rings (SSSR count). The Labute approximate surface area is 103 Å². The Morgan fingerprint density at radius 2 is 1.94 bits per heavy atom. The van der Waals surface area contributed by atoms with E-state index in [4.69, 9.17) is 10.5 Å². The van der Waals surface area contributed by atoms with Gasteiger partial charge in [-0.25, -0.2) is 13.6 Å². The number of rotatable bonds is 1. The number of carbonyl (C=O) groups is 1. The van der Waals surface area contributed by atoms with E-state index in [9.17, 15) is 13.6 Å². The minimum atomic E-state index is -1.04. The minimum absolute atomic E-state index is 0.00577. The predicted molar refractivity (Wildman–Crippen MR) is 61.2 cm³/mol. The molecule has 2 N–H and O–H groups in total. The summed E-state index contributed by atoms with van der Waals surface area (Å²) in [6, 6.07) is 3.09. The second-order valence-corrected chi connectivity index (χ2v) is 4.27. The van der Waals surface area contributed by atoms with E-state index in [1.165, 1.54) is 11.0 Å². The summed E-state index contributed by atoms with van der Waals surface area (Å²) in [7, 11) is 0. The van der Waals surface area contributed by atoms with Gasteiger partial charge in [0.1, 0.15) is 5.75 Å². The van der Waals surface area contributed by atoms with Crippen LogP contribution in [0.5, 0.6) is 5.75 Å². The van der Waals surface area contributed by atoms with Gasteiger partial charge in [-0.1, -0.05) is 0 Å². The number of ether oxygens (including phenoxy) is 1. The van der Waals surface area contributed by atoms with Crippen molar-refractivity contribution in [2.24, 2.45) is 5.73 Å². The van der Waals surface area contributed by atoms with Gasteiger partial charge in [-0.05, 0) is 25.0 Å². The fraction of sp³-hybridized carbons (Fsp3) is 0.417. The lowest BCUT2D eigenvalue weighted by Gasteiger charge is -2.29. The van der Waals surface area contributed by atoms with E-state index in [0.717, 1.165) is 12.1 Å². The average molecular weight is 256 g/mol. The number of carbonyl (C=O) groups excluding carboxylic acids is 1. The summed E-state index contributed by atoms with van der Waals surface area (Å²) in [5.41, 5.74) is 5.72. The van der Waals surface area contributed by atoms with Gasteiger partial charge in [0, 0.05) is 25.2 Å². The van der Waals surface area contributed by atoms with Crippen LogP contribution in [0, 0.1) is 11.6 Å². The lowest BCUT2D eigenvalue weighted by molar-refractivity contribution is 0.139. The number of hydrogen-bond donors (Lipinski definition) is 1. The molecule has 1 fully saturated rings. The Kier molecular flexibility index (Phi) is 3.76. The quantitative estimate of drug-likeness (QED) is 0.834. The maximum Gasteiger partial charge on any atom is 0.415 e. The molecule has 1 amide bonds. The summed E-state index contributed by atoms with van der Waals surface area (Å²) in [6.07, 6.45) is 0.868. The van der Waals surface area contributed by atoms with Crippen LogP contribution in [0.2, 0.25) is 0 Å². The molecule has 0 spiro atoms. The van der Waals surface area contributed by atoms with Gasteiger partial charge in [0.15, 0.2) is 11.6 Å². The molecule has 0 aliphatic carbocycles. The van der Waals surface area contributed by atoms with Crippen molar-refractivity contribution in [1.82, 2.24) is 4.90 Å². The Hall–Kier alpha value is -1.69. The lowest BCUT2D eigenvalue weighted by atomic mass is 10.1. The standard InChI is InChI=1S/C12H14F2N2O2/c13-10-2-1-9(7-11(10)14)18-12(17)16-5-3-8(15)4-6-16/h1-2,7-8H,3-6,15H2. The average Bonchev–Trinajstić information content (AvgIpc) is 2.34. The zero-order chi connectivity index (χ0) is 13.1. The first-order chi connectivity index (χ1) is 8.56. The maximum absolute atomic E-state index is 12.9. The van der Waals surface area contributed by atoms with Gasteiger partial charge in [-0.15, -0.1) is 0 Å². The van der Waals surface area contributed by atoms with E-state index in [1.54, 1.807) is 0 Å². The van der Waals surface area contributed by atoms with E-state index in [-0.39, 0.29) is 11.8 Å². The SMILES string of the molecule is NC1CCN(C(=O)Oc2ccc(F)c(F)c2)CC1. The van der Waals surface area contributed by atoms with Crippen molar-refractivity contribution in [2.75, 3.05) is 13.1 Å². The van der Waals surface area contributed by atoms with Crippen LogP contribution < -0.4 is 10.5 Å². The van der Waals surface area contributed by atoms with Crippen molar-refractivity contribution in [1.29, 1.82) is 0 Å². The molecule has 0 bridgehead atoms. The molecule has 1 aliphatic rings. The summed E-state index contributed by atoms with van der Waals surface area (Å²) in [4.78, 5) is 13.2. The van der Waals surface area contributed by atoms with Gasteiger partial charge < -0.3 is 15.4 Å². The Balaban J connectivity index is 1.96. The van der Waals surface area contributed by atoms with E-state index >= 15 is 0 Å². The summed E-state index contributed by atoms with van der Waals surface area (Å²) in [5, 5.41) is 0. The highest BCUT2D eigenvalue weighted by Crippen LogP contribution is 2.17. The predicted octanol–water partition coefficient (Wildman–Crippen LogP) is 1.89. The molecular formula is C12H14F2N2O2.